The number of halogens is 1. The zero-order valence-electron chi connectivity index (χ0n) is 17.3. The van der Waals surface area contributed by atoms with E-state index in [2.05, 4.69) is 15.3 Å². The summed E-state index contributed by atoms with van der Waals surface area (Å²) < 4.78 is 24.1. The molecule has 0 aliphatic heterocycles. The van der Waals surface area contributed by atoms with Crippen LogP contribution >= 0.6 is 22.9 Å². The van der Waals surface area contributed by atoms with Crippen molar-refractivity contribution in [2.75, 3.05) is 5.32 Å². The third-order valence-electron chi connectivity index (χ3n) is 4.76. The molecule has 0 fully saturated rings. The number of sulfonamides is 1. The molecule has 12 heteroatoms. The summed E-state index contributed by atoms with van der Waals surface area (Å²) in [7, 11) is -3.96. The van der Waals surface area contributed by atoms with Crippen molar-refractivity contribution in [1.82, 2.24) is 9.97 Å². The van der Waals surface area contributed by atoms with E-state index in [-0.39, 0.29) is 25.9 Å². The lowest BCUT2D eigenvalue weighted by atomic mass is 10.1. The number of aromatic nitrogens is 2. The van der Waals surface area contributed by atoms with Crippen LogP contribution in [-0.4, -0.2) is 30.1 Å². The van der Waals surface area contributed by atoms with E-state index in [1.165, 1.54) is 12.3 Å². The fraction of sp³-hybridized carbons (Fsp3) is 0. The van der Waals surface area contributed by atoms with Crippen molar-refractivity contribution in [3.05, 3.63) is 81.8 Å². The minimum atomic E-state index is -3.96. The van der Waals surface area contributed by atoms with E-state index >= 15 is 0 Å². The van der Waals surface area contributed by atoms with E-state index in [0.717, 1.165) is 11.3 Å². The molecule has 6 N–H and O–H groups in total. The highest BCUT2D eigenvalue weighted by Crippen LogP contribution is 2.32. The molecule has 0 aliphatic carbocycles. The number of hydrogen-bond donors (Lipinski definition) is 4. The first-order valence-corrected chi connectivity index (χ1v) is 12.4. The fourth-order valence-corrected chi connectivity index (χ4v) is 5.06. The Balaban J connectivity index is 1.68. The number of anilines is 1. The number of benzene rings is 2. The Morgan fingerprint density at radius 1 is 1.06 bits per heavy atom. The third kappa shape index (κ3) is 4.97. The number of rotatable bonds is 6. The van der Waals surface area contributed by atoms with E-state index in [1.807, 2.05) is 0 Å². The van der Waals surface area contributed by atoms with E-state index in [4.69, 9.17) is 27.9 Å². The van der Waals surface area contributed by atoms with Gasteiger partial charge in [-0.05, 0) is 29.8 Å². The molecule has 0 saturated heterocycles. The quantitative estimate of drug-likeness (QED) is 0.227. The molecule has 0 bridgehead atoms. The Morgan fingerprint density at radius 2 is 1.82 bits per heavy atom. The second kappa shape index (κ2) is 9.31. The van der Waals surface area contributed by atoms with Gasteiger partial charge in [-0.2, -0.15) is 0 Å². The maximum absolute atomic E-state index is 13.1. The molecule has 0 spiro atoms. The Hall–Kier alpha value is -3.64. The van der Waals surface area contributed by atoms with Crippen LogP contribution in [0.4, 0.5) is 5.82 Å². The lowest BCUT2D eigenvalue weighted by Crippen LogP contribution is -2.14. The predicted molar refractivity (Wildman–Crippen MR) is 133 cm³/mol. The molecule has 9 nitrogen and oxygen atoms in total. The first kappa shape index (κ1) is 23.5. The normalized spacial score (nSPS) is 11.2. The summed E-state index contributed by atoms with van der Waals surface area (Å²) in [5.74, 6) is -0.424. The minimum Gasteiger partial charge on any atom is -0.384 e. The van der Waals surface area contributed by atoms with Gasteiger partial charge in [0.25, 0.3) is 5.91 Å². The van der Waals surface area contributed by atoms with Crippen LogP contribution < -0.4 is 16.2 Å². The Morgan fingerprint density at radius 3 is 2.56 bits per heavy atom. The standard InChI is InChI=1S/C22H17ClN6O3S2/c23-22-29-18(13-4-3-5-14(10-13)20(24)25)19(33-22)21(30)28-17-11-12(8-9-27-17)15-6-1-2-7-16(15)34(26,31)32/h1-11H,(H3,24,25)(H2,26,31,32)(H,27,28,30). The molecule has 172 valence electrons. The Labute approximate surface area is 204 Å². The van der Waals surface area contributed by atoms with Crippen molar-refractivity contribution in [3.63, 3.8) is 0 Å². The molecule has 2 heterocycles. The molecular formula is C22H17ClN6O3S2. The molecule has 2 aromatic carbocycles. The van der Waals surface area contributed by atoms with Crippen molar-refractivity contribution < 1.29 is 13.2 Å². The number of amides is 1. The largest absolute Gasteiger partial charge is 0.384 e. The lowest BCUT2D eigenvalue weighted by molar-refractivity contribution is 0.103. The van der Waals surface area contributed by atoms with Crippen LogP contribution in [0.25, 0.3) is 22.4 Å². The topological polar surface area (TPSA) is 165 Å². The van der Waals surface area contributed by atoms with Crippen LogP contribution in [0.5, 0.6) is 0 Å². The van der Waals surface area contributed by atoms with Crippen LogP contribution in [-0.2, 0) is 10.0 Å². The van der Waals surface area contributed by atoms with Gasteiger partial charge in [-0.3, -0.25) is 10.2 Å². The summed E-state index contributed by atoms with van der Waals surface area (Å²) in [6.45, 7) is 0. The van der Waals surface area contributed by atoms with Gasteiger partial charge >= 0.3 is 0 Å². The first-order valence-electron chi connectivity index (χ1n) is 9.64. The van der Waals surface area contributed by atoms with Crippen molar-refractivity contribution in [2.24, 2.45) is 10.9 Å². The van der Waals surface area contributed by atoms with Gasteiger partial charge in [0.2, 0.25) is 10.0 Å². The van der Waals surface area contributed by atoms with Gasteiger partial charge in [0.15, 0.2) is 4.47 Å². The SMILES string of the molecule is N=C(N)c1cccc(-c2nc(Cl)sc2C(=O)Nc2cc(-c3ccccc3S(N)(=O)=O)ccn2)c1. The summed E-state index contributed by atoms with van der Waals surface area (Å²) in [4.78, 5) is 21.7. The lowest BCUT2D eigenvalue weighted by Gasteiger charge is -2.10. The predicted octanol–water partition coefficient (Wildman–Crippen LogP) is 3.71. The zero-order chi connectivity index (χ0) is 24.5. The van der Waals surface area contributed by atoms with Crippen molar-refractivity contribution in [2.45, 2.75) is 4.90 Å². The molecular weight excluding hydrogens is 496 g/mol. The van der Waals surface area contributed by atoms with Gasteiger partial charge in [-0.1, -0.05) is 59.3 Å². The monoisotopic (exact) mass is 512 g/mol. The third-order valence-corrected chi connectivity index (χ3v) is 6.89. The Kier molecular flexibility index (Phi) is 6.44. The average molecular weight is 513 g/mol. The number of amidine groups is 1. The van der Waals surface area contributed by atoms with Gasteiger partial charge in [0.05, 0.1) is 10.6 Å². The molecule has 0 saturated carbocycles. The number of nitrogens with zero attached hydrogens (tertiary/aromatic N) is 2. The van der Waals surface area contributed by atoms with Gasteiger partial charge in [0.1, 0.15) is 16.5 Å². The molecule has 1 amide bonds. The van der Waals surface area contributed by atoms with Crippen molar-refractivity contribution >= 4 is 50.5 Å². The molecule has 0 atom stereocenters. The number of nitrogen functional groups attached to an aromatic ring is 1. The van der Waals surface area contributed by atoms with Crippen LogP contribution in [0.3, 0.4) is 0 Å². The number of pyridine rings is 1. The molecule has 4 aromatic rings. The number of hydrogen-bond acceptors (Lipinski definition) is 7. The van der Waals surface area contributed by atoms with E-state index < -0.39 is 15.9 Å². The summed E-state index contributed by atoms with van der Waals surface area (Å²) in [5, 5.41) is 15.7. The van der Waals surface area contributed by atoms with E-state index in [0.29, 0.717) is 27.9 Å². The molecule has 0 aliphatic rings. The van der Waals surface area contributed by atoms with Crippen LogP contribution in [0, 0.1) is 5.41 Å². The molecule has 0 radical (unpaired) electrons. The van der Waals surface area contributed by atoms with Gasteiger partial charge in [-0.25, -0.2) is 23.5 Å². The fourth-order valence-electron chi connectivity index (χ4n) is 3.27. The summed E-state index contributed by atoms with van der Waals surface area (Å²) >= 11 is 7.10. The number of carbonyl (C=O) groups is 1. The highest BCUT2D eigenvalue weighted by Gasteiger charge is 2.21. The first-order chi connectivity index (χ1) is 16.1. The molecule has 2 aromatic heterocycles. The van der Waals surface area contributed by atoms with Crippen molar-refractivity contribution in [1.29, 1.82) is 5.41 Å². The highest BCUT2D eigenvalue weighted by molar-refractivity contribution is 7.89. The van der Waals surface area contributed by atoms with E-state index in [9.17, 15) is 13.2 Å². The summed E-state index contributed by atoms with van der Waals surface area (Å²) in [5.41, 5.74) is 7.85. The second-order valence-electron chi connectivity index (χ2n) is 7.06. The maximum Gasteiger partial charge on any atom is 0.269 e. The highest BCUT2D eigenvalue weighted by atomic mass is 35.5. The van der Waals surface area contributed by atoms with Crippen LogP contribution in [0.15, 0.2) is 71.8 Å². The van der Waals surface area contributed by atoms with Gasteiger partial charge in [-0.15, -0.1) is 0 Å². The summed E-state index contributed by atoms with van der Waals surface area (Å²) in [6, 6.07) is 16.2. The Bertz CT molecular complexity index is 1540. The number of primary sulfonamides is 1. The van der Waals surface area contributed by atoms with Gasteiger partial charge in [0, 0.05) is 22.9 Å². The number of carbonyl (C=O) groups excluding carboxylic acids is 1. The number of nitrogens with one attached hydrogen (secondary N) is 2. The van der Waals surface area contributed by atoms with Crippen molar-refractivity contribution in [3.8, 4) is 22.4 Å². The zero-order valence-corrected chi connectivity index (χ0v) is 19.7. The second-order valence-corrected chi connectivity index (χ2v) is 10.2. The van der Waals surface area contributed by atoms with E-state index in [1.54, 1.807) is 54.6 Å². The minimum absolute atomic E-state index is 0.0413. The maximum atomic E-state index is 13.1. The van der Waals surface area contributed by atoms with Crippen LogP contribution in [0.2, 0.25) is 4.47 Å². The van der Waals surface area contributed by atoms with Gasteiger partial charge < -0.3 is 11.1 Å². The molecule has 4 rings (SSSR count). The molecule has 0 unspecified atom stereocenters. The molecule has 34 heavy (non-hydrogen) atoms. The smallest absolute Gasteiger partial charge is 0.269 e. The average Bonchev–Trinajstić information content (AvgIpc) is 3.21. The van der Waals surface area contributed by atoms with Crippen LogP contribution in [0.1, 0.15) is 15.2 Å². The summed E-state index contributed by atoms with van der Waals surface area (Å²) in [6.07, 6.45) is 1.45. The number of nitrogens with two attached hydrogens (primary N) is 2. The number of thiazole rings is 1.